The molecule has 0 saturated heterocycles. The SMILES string of the molecule is O=Cc1cc(Cl)cc(Cl)c1OCc1cncc(F)c1. The average Bonchev–Trinajstić information content (AvgIpc) is 2.37. The van der Waals surface area contributed by atoms with Gasteiger partial charge in [0, 0.05) is 16.8 Å². The van der Waals surface area contributed by atoms with Crippen LogP contribution in [0.15, 0.2) is 30.6 Å². The highest BCUT2D eigenvalue weighted by Gasteiger charge is 2.10. The standard InChI is InChI=1S/C13H8Cl2FNO2/c14-10-2-9(6-18)13(12(15)3-10)19-7-8-1-11(16)5-17-4-8/h1-6H,7H2. The summed E-state index contributed by atoms with van der Waals surface area (Å²) in [7, 11) is 0. The van der Waals surface area contributed by atoms with Crippen molar-refractivity contribution in [3.63, 3.8) is 0 Å². The molecule has 1 aromatic carbocycles. The molecule has 0 fully saturated rings. The third-order valence-corrected chi connectivity index (χ3v) is 2.81. The predicted octanol–water partition coefficient (Wildman–Crippen LogP) is 3.92. The predicted molar refractivity (Wildman–Crippen MR) is 70.4 cm³/mol. The topological polar surface area (TPSA) is 39.2 Å². The minimum atomic E-state index is -0.459. The zero-order chi connectivity index (χ0) is 13.8. The molecule has 0 aliphatic carbocycles. The first-order valence-corrected chi connectivity index (χ1v) is 6.02. The van der Waals surface area contributed by atoms with Gasteiger partial charge >= 0.3 is 0 Å². The van der Waals surface area contributed by atoms with E-state index in [1.807, 2.05) is 0 Å². The van der Waals surface area contributed by atoms with E-state index in [9.17, 15) is 9.18 Å². The maximum Gasteiger partial charge on any atom is 0.153 e. The van der Waals surface area contributed by atoms with Gasteiger partial charge in [0.1, 0.15) is 18.2 Å². The molecule has 2 aromatic rings. The van der Waals surface area contributed by atoms with E-state index in [2.05, 4.69) is 4.98 Å². The lowest BCUT2D eigenvalue weighted by atomic mass is 10.2. The number of hydrogen-bond acceptors (Lipinski definition) is 3. The highest BCUT2D eigenvalue weighted by molar-refractivity contribution is 6.36. The second-order valence-corrected chi connectivity index (χ2v) is 4.57. The van der Waals surface area contributed by atoms with Gasteiger partial charge in [0.2, 0.25) is 0 Å². The van der Waals surface area contributed by atoms with E-state index < -0.39 is 5.82 Å². The Labute approximate surface area is 118 Å². The van der Waals surface area contributed by atoms with Crippen molar-refractivity contribution in [2.24, 2.45) is 0 Å². The van der Waals surface area contributed by atoms with Crippen LogP contribution in [0.5, 0.6) is 5.75 Å². The van der Waals surface area contributed by atoms with Crippen LogP contribution < -0.4 is 4.74 Å². The lowest BCUT2D eigenvalue weighted by molar-refractivity contribution is 0.111. The van der Waals surface area contributed by atoms with Crippen molar-refractivity contribution in [2.45, 2.75) is 6.61 Å². The Morgan fingerprint density at radius 3 is 2.74 bits per heavy atom. The van der Waals surface area contributed by atoms with Crippen LogP contribution in [0.1, 0.15) is 15.9 Å². The molecule has 0 aliphatic heterocycles. The Bertz CT molecular complexity index is 620. The van der Waals surface area contributed by atoms with Crippen LogP contribution in [0.3, 0.4) is 0 Å². The van der Waals surface area contributed by atoms with Gasteiger partial charge in [-0.3, -0.25) is 9.78 Å². The molecule has 0 saturated carbocycles. The number of benzene rings is 1. The molecule has 0 aliphatic rings. The molecule has 2 rings (SSSR count). The third kappa shape index (κ3) is 3.43. The molecule has 1 heterocycles. The van der Waals surface area contributed by atoms with Gasteiger partial charge < -0.3 is 4.74 Å². The number of aromatic nitrogens is 1. The van der Waals surface area contributed by atoms with Gasteiger partial charge in [-0.1, -0.05) is 23.2 Å². The van der Waals surface area contributed by atoms with E-state index in [4.69, 9.17) is 27.9 Å². The fourth-order valence-corrected chi connectivity index (χ4v) is 2.07. The first-order chi connectivity index (χ1) is 9.10. The number of halogens is 3. The number of pyridine rings is 1. The molecular weight excluding hydrogens is 292 g/mol. The number of ether oxygens (including phenoxy) is 1. The molecule has 3 nitrogen and oxygen atoms in total. The molecule has 6 heteroatoms. The summed E-state index contributed by atoms with van der Waals surface area (Å²) in [5, 5.41) is 0.561. The van der Waals surface area contributed by atoms with Crippen LogP contribution >= 0.6 is 23.2 Å². The van der Waals surface area contributed by atoms with Gasteiger partial charge in [-0.15, -0.1) is 0 Å². The first-order valence-electron chi connectivity index (χ1n) is 5.26. The van der Waals surface area contributed by atoms with E-state index in [1.54, 1.807) is 0 Å². The number of nitrogens with zero attached hydrogens (tertiary/aromatic N) is 1. The smallest absolute Gasteiger partial charge is 0.153 e. The van der Waals surface area contributed by atoms with Gasteiger partial charge in [-0.05, 0) is 18.2 Å². The lowest BCUT2D eigenvalue weighted by Crippen LogP contribution is -2.00. The molecule has 0 spiro atoms. The van der Waals surface area contributed by atoms with Crippen LogP contribution in [-0.4, -0.2) is 11.3 Å². The quantitative estimate of drug-likeness (QED) is 0.803. The number of carbonyl (C=O) groups is 1. The summed E-state index contributed by atoms with van der Waals surface area (Å²) in [4.78, 5) is 14.6. The summed E-state index contributed by atoms with van der Waals surface area (Å²) in [6, 6.07) is 4.20. The number of hydrogen-bond donors (Lipinski definition) is 0. The third-order valence-electron chi connectivity index (χ3n) is 2.31. The molecule has 0 N–H and O–H groups in total. The highest BCUT2D eigenvalue weighted by Crippen LogP contribution is 2.32. The van der Waals surface area contributed by atoms with Crippen LogP contribution in [-0.2, 0) is 6.61 Å². The molecular formula is C13H8Cl2FNO2. The van der Waals surface area contributed by atoms with Crippen molar-refractivity contribution in [1.29, 1.82) is 0 Å². The van der Waals surface area contributed by atoms with Crippen molar-refractivity contribution < 1.29 is 13.9 Å². The van der Waals surface area contributed by atoms with Gasteiger partial charge in [0.25, 0.3) is 0 Å². The Balaban J connectivity index is 2.22. The van der Waals surface area contributed by atoms with Gasteiger partial charge in [-0.25, -0.2) is 4.39 Å². The van der Waals surface area contributed by atoms with Gasteiger partial charge in [0.05, 0.1) is 16.8 Å². The van der Waals surface area contributed by atoms with E-state index >= 15 is 0 Å². The lowest BCUT2D eigenvalue weighted by Gasteiger charge is -2.10. The summed E-state index contributed by atoms with van der Waals surface area (Å²) >= 11 is 11.7. The molecule has 1 aromatic heterocycles. The van der Waals surface area contributed by atoms with E-state index in [-0.39, 0.29) is 22.9 Å². The molecule has 0 bridgehead atoms. The molecule has 98 valence electrons. The van der Waals surface area contributed by atoms with Crippen LogP contribution in [0.25, 0.3) is 0 Å². The van der Waals surface area contributed by atoms with Crippen molar-refractivity contribution in [3.05, 3.63) is 57.6 Å². The van der Waals surface area contributed by atoms with Crippen molar-refractivity contribution >= 4 is 29.5 Å². The fourth-order valence-electron chi connectivity index (χ4n) is 1.51. The zero-order valence-corrected chi connectivity index (χ0v) is 11.1. The summed E-state index contributed by atoms with van der Waals surface area (Å²) in [6.45, 7) is 0.0486. The van der Waals surface area contributed by atoms with Crippen molar-refractivity contribution in [2.75, 3.05) is 0 Å². The van der Waals surface area contributed by atoms with Crippen molar-refractivity contribution in [1.82, 2.24) is 4.98 Å². The molecule has 0 atom stereocenters. The largest absolute Gasteiger partial charge is 0.487 e. The van der Waals surface area contributed by atoms with Crippen LogP contribution in [0.4, 0.5) is 4.39 Å². The van der Waals surface area contributed by atoms with E-state index in [0.29, 0.717) is 16.9 Å². The highest BCUT2D eigenvalue weighted by atomic mass is 35.5. The Morgan fingerprint density at radius 1 is 1.26 bits per heavy atom. The fraction of sp³-hybridized carbons (Fsp3) is 0.0769. The van der Waals surface area contributed by atoms with Crippen LogP contribution in [0, 0.1) is 5.82 Å². The second-order valence-electron chi connectivity index (χ2n) is 3.72. The molecule has 0 unspecified atom stereocenters. The first kappa shape index (κ1) is 13.8. The molecule has 0 amide bonds. The number of aldehydes is 1. The monoisotopic (exact) mass is 299 g/mol. The van der Waals surface area contributed by atoms with E-state index in [0.717, 1.165) is 6.20 Å². The number of carbonyl (C=O) groups excluding carboxylic acids is 1. The van der Waals surface area contributed by atoms with Gasteiger partial charge in [-0.2, -0.15) is 0 Å². The van der Waals surface area contributed by atoms with Crippen LogP contribution in [0.2, 0.25) is 10.0 Å². The minimum absolute atomic E-state index is 0.0486. The normalized spacial score (nSPS) is 10.3. The van der Waals surface area contributed by atoms with Crippen molar-refractivity contribution in [3.8, 4) is 5.75 Å². The summed E-state index contributed by atoms with van der Waals surface area (Å²) in [6.07, 6.45) is 3.15. The second kappa shape index (κ2) is 5.99. The maximum atomic E-state index is 13.0. The number of rotatable bonds is 4. The summed E-state index contributed by atoms with van der Waals surface area (Å²) < 4.78 is 18.4. The molecule has 19 heavy (non-hydrogen) atoms. The summed E-state index contributed by atoms with van der Waals surface area (Å²) in [5.41, 5.74) is 0.768. The summed E-state index contributed by atoms with van der Waals surface area (Å²) in [5.74, 6) is -0.246. The minimum Gasteiger partial charge on any atom is -0.487 e. The average molecular weight is 300 g/mol. The molecule has 0 radical (unpaired) electrons. The maximum absolute atomic E-state index is 13.0. The Morgan fingerprint density at radius 2 is 2.05 bits per heavy atom. The zero-order valence-electron chi connectivity index (χ0n) is 9.57. The van der Waals surface area contributed by atoms with Gasteiger partial charge in [0.15, 0.2) is 6.29 Å². The van der Waals surface area contributed by atoms with E-state index in [1.165, 1.54) is 24.4 Å². The Kier molecular flexibility index (Phi) is 4.35. The Hall–Kier alpha value is -1.65.